The first-order chi connectivity index (χ1) is 9.47. The average molecular weight is 295 g/mol. The first-order valence-electron chi connectivity index (χ1n) is 6.38. The molecule has 0 heterocycles. The maximum atomic E-state index is 11.8. The third-order valence-corrected chi connectivity index (χ3v) is 3.33. The van der Waals surface area contributed by atoms with Gasteiger partial charge in [-0.3, -0.25) is 9.59 Å². The van der Waals surface area contributed by atoms with Crippen molar-refractivity contribution in [2.45, 2.75) is 20.3 Å². The summed E-state index contributed by atoms with van der Waals surface area (Å²) in [6.45, 7) is 7.60. The summed E-state index contributed by atoms with van der Waals surface area (Å²) in [5, 5.41) is 3.28. The lowest BCUT2D eigenvalue weighted by Gasteiger charge is -2.23. The Kier molecular flexibility index (Phi) is 6.25. The molecule has 0 aromatic heterocycles. The van der Waals surface area contributed by atoms with Crippen LogP contribution in [0.5, 0.6) is 0 Å². The number of anilines is 1. The van der Waals surface area contributed by atoms with Crippen LogP contribution in [0.1, 0.15) is 18.9 Å². The molecule has 1 rings (SSSR count). The van der Waals surface area contributed by atoms with Crippen molar-refractivity contribution in [2.75, 3.05) is 18.0 Å². The van der Waals surface area contributed by atoms with Crippen LogP contribution in [0, 0.1) is 6.92 Å². The number of benzene rings is 1. The summed E-state index contributed by atoms with van der Waals surface area (Å²) in [4.78, 5) is 24.9. The first kappa shape index (κ1) is 16.2. The van der Waals surface area contributed by atoms with Gasteiger partial charge in [-0.15, -0.1) is 6.58 Å². The van der Waals surface area contributed by atoms with E-state index in [2.05, 4.69) is 11.9 Å². The highest BCUT2D eigenvalue weighted by atomic mass is 35.5. The van der Waals surface area contributed by atoms with E-state index in [0.29, 0.717) is 18.1 Å². The maximum absolute atomic E-state index is 11.8. The number of nitrogens with one attached hydrogen (secondary N) is 1. The molecule has 20 heavy (non-hydrogen) atoms. The van der Waals surface area contributed by atoms with Crippen LogP contribution in [0.3, 0.4) is 0 Å². The topological polar surface area (TPSA) is 49.4 Å². The second kappa shape index (κ2) is 7.70. The van der Waals surface area contributed by atoms with E-state index in [0.717, 1.165) is 11.3 Å². The van der Waals surface area contributed by atoms with Gasteiger partial charge in [0.15, 0.2) is 0 Å². The van der Waals surface area contributed by atoms with Crippen LogP contribution in [-0.4, -0.2) is 24.9 Å². The van der Waals surface area contributed by atoms with Crippen LogP contribution < -0.4 is 10.2 Å². The minimum Gasteiger partial charge on any atom is -0.353 e. The normalized spacial score (nSPS) is 9.95. The molecule has 0 aliphatic rings. The Labute approximate surface area is 124 Å². The van der Waals surface area contributed by atoms with Crippen molar-refractivity contribution in [3.63, 3.8) is 0 Å². The van der Waals surface area contributed by atoms with E-state index in [1.165, 1.54) is 6.92 Å². The Bertz CT molecular complexity index is 515. The number of carbonyl (C=O) groups excluding carboxylic acids is 2. The lowest BCUT2D eigenvalue weighted by molar-refractivity contribution is -0.120. The molecule has 1 N–H and O–H groups in total. The van der Waals surface area contributed by atoms with E-state index in [1.807, 2.05) is 13.0 Å². The molecule has 0 aliphatic heterocycles. The van der Waals surface area contributed by atoms with Crippen molar-refractivity contribution in [1.29, 1.82) is 0 Å². The van der Waals surface area contributed by atoms with Crippen molar-refractivity contribution >= 4 is 29.1 Å². The van der Waals surface area contributed by atoms with Crippen molar-refractivity contribution < 1.29 is 9.59 Å². The van der Waals surface area contributed by atoms with Gasteiger partial charge in [0.25, 0.3) is 0 Å². The molecule has 0 bridgehead atoms. The fraction of sp³-hybridized carbons (Fsp3) is 0.333. The highest BCUT2D eigenvalue weighted by molar-refractivity contribution is 6.31. The fourth-order valence-electron chi connectivity index (χ4n) is 1.82. The predicted molar refractivity (Wildman–Crippen MR) is 82.0 cm³/mol. The van der Waals surface area contributed by atoms with Gasteiger partial charge in [0, 0.05) is 37.1 Å². The zero-order valence-electron chi connectivity index (χ0n) is 11.8. The molecule has 0 unspecified atom stereocenters. The van der Waals surface area contributed by atoms with Crippen LogP contribution in [-0.2, 0) is 9.59 Å². The summed E-state index contributed by atoms with van der Waals surface area (Å²) in [7, 11) is 0. The third kappa shape index (κ3) is 4.38. The molecule has 0 saturated heterocycles. The Hall–Kier alpha value is -1.81. The maximum Gasteiger partial charge on any atom is 0.223 e. The molecule has 1 aromatic carbocycles. The predicted octanol–water partition coefficient (Wildman–Crippen LogP) is 2.69. The fourth-order valence-corrected chi connectivity index (χ4v) is 1.99. The molecule has 2 amide bonds. The first-order valence-corrected chi connectivity index (χ1v) is 6.76. The second-order valence-corrected chi connectivity index (χ2v) is 4.80. The summed E-state index contributed by atoms with van der Waals surface area (Å²) in [6, 6.07) is 5.39. The van der Waals surface area contributed by atoms with Gasteiger partial charge in [0.05, 0.1) is 0 Å². The monoisotopic (exact) mass is 294 g/mol. The molecule has 0 spiro atoms. The molecule has 1 aromatic rings. The number of nitrogens with zero attached hydrogens (tertiary/aromatic N) is 1. The lowest BCUT2D eigenvalue weighted by Crippen LogP contribution is -2.34. The van der Waals surface area contributed by atoms with E-state index >= 15 is 0 Å². The molecular weight excluding hydrogens is 276 g/mol. The molecule has 0 radical (unpaired) electrons. The van der Waals surface area contributed by atoms with Gasteiger partial charge in [-0.2, -0.15) is 0 Å². The highest BCUT2D eigenvalue weighted by Crippen LogP contribution is 2.26. The second-order valence-electron chi connectivity index (χ2n) is 4.40. The zero-order chi connectivity index (χ0) is 15.1. The Balaban J connectivity index is 2.80. The molecule has 4 nitrogen and oxygen atoms in total. The molecule has 0 aliphatic carbocycles. The summed E-state index contributed by atoms with van der Waals surface area (Å²) >= 11 is 6.07. The van der Waals surface area contributed by atoms with Crippen molar-refractivity contribution in [2.24, 2.45) is 0 Å². The van der Waals surface area contributed by atoms with Crippen molar-refractivity contribution in [1.82, 2.24) is 5.32 Å². The summed E-state index contributed by atoms with van der Waals surface area (Å²) in [5.74, 6) is -0.234. The Morgan fingerprint density at radius 1 is 1.45 bits per heavy atom. The largest absolute Gasteiger partial charge is 0.353 e. The molecule has 0 fully saturated rings. The lowest BCUT2D eigenvalue weighted by atomic mass is 10.1. The van der Waals surface area contributed by atoms with Crippen molar-refractivity contribution in [3.05, 3.63) is 41.4 Å². The standard InChI is InChI=1S/C15H19ClN2O2/c1-4-9-17-15(20)8-10-18(12(3)19)14-7-5-6-13(16)11(14)2/h4-7H,1,8-10H2,2-3H3,(H,17,20). The van der Waals surface area contributed by atoms with E-state index in [4.69, 9.17) is 11.6 Å². The molecule has 5 heteroatoms. The molecule has 108 valence electrons. The number of carbonyl (C=O) groups is 2. The van der Waals surface area contributed by atoms with E-state index in [-0.39, 0.29) is 18.2 Å². The van der Waals surface area contributed by atoms with Gasteiger partial charge >= 0.3 is 0 Å². The van der Waals surface area contributed by atoms with Gasteiger partial charge in [0.1, 0.15) is 0 Å². The quantitative estimate of drug-likeness (QED) is 0.820. The van der Waals surface area contributed by atoms with Crippen LogP contribution >= 0.6 is 11.6 Å². The van der Waals surface area contributed by atoms with E-state index in [9.17, 15) is 9.59 Å². The van der Waals surface area contributed by atoms with Crippen LogP contribution in [0.2, 0.25) is 5.02 Å². The number of hydrogen-bond donors (Lipinski definition) is 1. The smallest absolute Gasteiger partial charge is 0.223 e. The number of rotatable bonds is 6. The number of hydrogen-bond acceptors (Lipinski definition) is 2. The SMILES string of the molecule is C=CCNC(=O)CCN(C(C)=O)c1cccc(Cl)c1C. The Morgan fingerprint density at radius 3 is 2.75 bits per heavy atom. The minimum atomic E-state index is -0.119. The van der Waals surface area contributed by atoms with Gasteiger partial charge in [0.2, 0.25) is 11.8 Å². The van der Waals surface area contributed by atoms with Crippen LogP contribution in [0.15, 0.2) is 30.9 Å². The third-order valence-electron chi connectivity index (χ3n) is 2.92. The van der Waals surface area contributed by atoms with Gasteiger partial charge in [-0.05, 0) is 24.6 Å². The van der Waals surface area contributed by atoms with Crippen LogP contribution in [0.25, 0.3) is 0 Å². The number of amides is 2. The highest BCUT2D eigenvalue weighted by Gasteiger charge is 2.16. The summed E-state index contributed by atoms with van der Waals surface area (Å²) in [6.07, 6.45) is 1.85. The van der Waals surface area contributed by atoms with Crippen molar-refractivity contribution in [3.8, 4) is 0 Å². The van der Waals surface area contributed by atoms with Gasteiger partial charge in [-0.25, -0.2) is 0 Å². The summed E-state index contributed by atoms with van der Waals surface area (Å²) in [5.41, 5.74) is 1.57. The van der Waals surface area contributed by atoms with E-state index in [1.54, 1.807) is 23.1 Å². The van der Waals surface area contributed by atoms with Gasteiger partial charge in [-0.1, -0.05) is 23.7 Å². The van der Waals surface area contributed by atoms with Crippen LogP contribution in [0.4, 0.5) is 5.69 Å². The molecular formula is C15H19ClN2O2. The molecule has 0 saturated carbocycles. The average Bonchev–Trinajstić information content (AvgIpc) is 2.40. The molecule has 0 atom stereocenters. The van der Waals surface area contributed by atoms with E-state index < -0.39 is 0 Å². The minimum absolute atomic E-state index is 0.115. The Morgan fingerprint density at radius 2 is 2.15 bits per heavy atom. The summed E-state index contributed by atoms with van der Waals surface area (Å²) < 4.78 is 0. The number of halogens is 1. The zero-order valence-corrected chi connectivity index (χ0v) is 12.5. The van der Waals surface area contributed by atoms with Gasteiger partial charge < -0.3 is 10.2 Å².